The number of benzene rings is 10. The van der Waals surface area contributed by atoms with Crippen LogP contribution in [0.5, 0.6) is 0 Å². The highest BCUT2D eigenvalue weighted by atomic mass is 35.5. The van der Waals surface area contributed by atoms with Crippen LogP contribution in [0.1, 0.15) is 0 Å². The van der Waals surface area contributed by atoms with Crippen LogP contribution in [0.15, 0.2) is 261 Å². The quantitative estimate of drug-likeness (QED) is 0.141. The van der Waals surface area contributed by atoms with Gasteiger partial charge in [0, 0.05) is 27.7 Å². The van der Waals surface area contributed by atoms with E-state index in [9.17, 15) is 0 Å². The summed E-state index contributed by atoms with van der Waals surface area (Å²) in [6.45, 7) is 0. The molecule has 10 aromatic carbocycles. The highest BCUT2D eigenvalue weighted by Gasteiger charge is 2.29. The van der Waals surface area contributed by atoms with E-state index in [4.69, 9.17) is 16.6 Å². The van der Waals surface area contributed by atoms with Crippen molar-refractivity contribution in [3.8, 4) is 94.7 Å². The molecule has 0 fully saturated rings. The van der Waals surface area contributed by atoms with Gasteiger partial charge in [0.2, 0.25) is 0 Å². The number of nitrogens with zero attached hydrogens (tertiary/aromatic N) is 2. The molecule has 0 aliphatic carbocycles. The Labute approximate surface area is 401 Å². The van der Waals surface area contributed by atoms with E-state index in [1.165, 1.54) is 16.5 Å². The minimum absolute atomic E-state index is 0.689. The lowest BCUT2D eigenvalue weighted by atomic mass is 9.74. The molecule has 0 saturated carbocycles. The Bertz CT molecular complexity index is 3660. The zero-order valence-corrected chi connectivity index (χ0v) is 37.9. The normalized spacial score (nSPS) is 11.3. The average Bonchev–Trinajstić information content (AvgIpc) is 3.76. The molecule has 12 aromatic rings. The fourth-order valence-corrected chi connectivity index (χ4v) is 10.2. The largest absolute Gasteiger partial charge is 0.294 e. The van der Waals surface area contributed by atoms with Crippen molar-refractivity contribution in [1.29, 1.82) is 0 Å². The molecular weight excluding hydrogens is 844 g/mol. The van der Waals surface area contributed by atoms with Gasteiger partial charge in [-0.1, -0.05) is 224 Å². The summed E-state index contributed by atoms with van der Waals surface area (Å²) in [5.41, 5.74) is 21.3. The van der Waals surface area contributed by atoms with E-state index in [1.807, 2.05) is 24.4 Å². The first-order chi connectivity index (χ1) is 33.7. The Hall–Kier alpha value is -8.56. The van der Waals surface area contributed by atoms with Crippen LogP contribution in [0.4, 0.5) is 0 Å². The van der Waals surface area contributed by atoms with Gasteiger partial charge in [0.25, 0.3) is 0 Å². The fourth-order valence-electron chi connectivity index (χ4n) is 10.1. The Morgan fingerprint density at radius 1 is 0.265 bits per heavy atom. The summed E-state index contributed by atoms with van der Waals surface area (Å²) in [6, 6.07) is 91.6. The molecule has 0 atom stereocenters. The van der Waals surface area contributed by atoms with Crippen molar-refractivity contribution in [3.05, 3.63) is 266 Å². The first kappa shape index (κ1) is 40.9. The Kier molecular flexibility index (Phi) is 10.6. The predicted octanol–water partition coefficient (Wildman–Crippen LogP) is 18.2. The van der Waals surface area contributed by atoms with Gasteiger partial charge < -0.3 is 0 Å². The molecule has 0 amide bonds. The monoisotopic (exact) mass is 886 g/mol. The molecule has 2 nitrogen and oxygen atoms in total. The second-order valence-corrected chi connectivity index (χ2v) is 17.6. The van der Waals surface area contributed by atoms with Crippen LogP contribution in [0.3, 0.4) is 0 Å². The molecule has 2 aromatic heterocycles. The number of aromatic nitrogens is 2. The van der Waals surface area contributed by atoms with Gasteiger partial charge in [-0.25, -0.2) is 4.98 Å². The van der Waals surface area contributed by atoms with Crippen LogP contribution < -0.4 is 0 Å². The second-order valence-electron chi connectivity index (χ2n) is 17.1. The smallest absolute Gasteiger partial charge is 0.145 e. The third-order valence-electron chi connectivity index (χ3n) is 13.2. The van der Waals surface area contributed by atoms with E-state index in [0.29, 0.717) is 5.02 Å². The lowest BCUT2D eigenvalue weighted by molar-refractivity contribution is 1.14. The molecule has 2 heterocycles. The standard InChI is InChI=1S/C65H43ClN2/c66-54-39-35-52(36-40-54)63-61(50-31-27-46(28-32-50)44-16-5-1-6-17-44)59(48-20-9-3-10-21-48)60(49-22-11-4-12-23-49)62(51-33-29-47(30-34-51)45-18-7-2-8-19-45)64(63)53-37-41-55(42-38-53)68-58-26-14-13-24-56(58)57-25-15-43-67-65(57)68/h1-43H. The van der Waals surface area contributed by atoms with Crippen LogP contribution in [-0.2, 0) is 0 Å². The van der Waals surface area contributed by atoms with E-state index < -0.39 is 0 Å². The zero-order chi connectivity index (χ0) is 45.4. The fraction of sp³-hybridized carbons (Fsp3) is 0. The maximum absolute atomic E-state index is 6.76. The van der Waals surface area contributed by atoms with Crippen molar-refractivity contribution in [3.63, 3.8) is 0 Å². The second kappa shape index (κ2) is 17.7. The summed E-state index contributed by atoms with van der Waals surface area (Å²) in [5.74, 6) is 0. The molecule has 0 aliphatic heterocycles. The molecule has 3 heteroatoms. The van der Waals surface area contributed by atoms with Crippen molar-refractivity contribution < 1.29 is 0 Å². The summed E-state index contributed by atoms with van der Waals surface area (Å²) >= 11 is 6.76. The van der Waals surface area contributed by atoms with Crippen molar-refractivity contribution in [2.24, 2.45) is 0 Å². The van der Waals surface area contributed by atoms with Crippen LogP contribution in [0.25, 0.3) is 117 Å². The van der Waals surface area contributed by atoms with E-state index in [1.54, 1.807) is 0 Å². The molecule has 68 heavy (non-hydrogen) atoms. The first-order valence-corrected chi connectivity index (χ1v) is 23.4. The number of fused-ring (bicyclic) bond motifs is 3. The molecule has 0 unspecified atom stereocenters. The van der Waals surface area contributed by atoms with Crippen LogP contribution in [0, 0.1) is 0 Å². The van der Waals surface area contributed by atoms with Crippen molar-refractivity contribution in [2.45, 2.75) is 0 Å². The number of para-hydroxylation sites is 1. The Balaban J connectivity index is 1.22. The van der Waals surface area contributed by atoms with Crippen LogP contribution in [-0.4, -0.2) is 9.55 Å². The van der Waals surface area contributed by atoms with Crippen LogP contribution >= 0.6 is 11.6 Å². The highest BCUT2D eigenvalue weighted by molar-refractivity contribution is 6.30. The van der Waals surface area contributed by atoms with E-state index >= 15 is 0 Å². The number of hydrogen-bond donors (Lipinski definition) is 0. The molecular formula is C65H43ClN2. The van der Waals surface area contributed by atoms with E-state index in [0.717, 1.165) is 100 Å². The van der Waals surface area contributed by atoms with Gasteiger partial charge in [-0.15, -0.1) is 0 Å². The molecule has 0 bridgehead atoms. The minimum Gasteiger partial charge on any atom is -0.294 e. The third-order valence-corrected chi connectivity index (χ3v) is 13.4. The molecule has 12 rings (SSSR count). The average molecular weight is 888 g/mol. The van der Waals surface area contributed by atoms with Crippen molar-refractivity contribution in [1.82, 2.24) is 9.55 Å². The molecule has 0 saturated heterocycles. The highest BCUT2D eigenvalue weighted by Crippen LogP contribution is 2.56. The first-order valence-electron chi connectivity index (χ1n) is 23.1. The summed E-state index contributed by atoms with van der Waals surface area (Å²) in [7, 11) is 0. The summed E-state index contributed by atoms with van der Waals surface area (Å²) in [4.78, 5) is 4.93. The maximum atomic E-state index is 6.76. The molecule has 320 valence electrons. The van der Waals surface area contributed by atoms with Gasteiger partial charge in [0.1, 0.15) is 5.65 Å². The number of pyridine rings is 1. The molecule has 0 spiro atoms. The topological polar surface area (TPSA) is 17.8 Å². The maximum Gasteiger partial charge on any atom is 0.145 e. The van der Waals surface area contributed by atoms with E-state index in [-0.39, 0.29) is 0 Å². The third kappa shape index (κ3) is 7.38. The van der Waals surface area contributed by atoms with Gasteiger partial charge >= 0.3 is 0 Å². The van der Waals surface area contributed by atoms with Gasteiger partial charge in [0.15, 0.2) is 0 Å². The van der Waals surface area contributed by atoms with Gasteiger partial charge in [0.05, 0.1) is 5.52 Å². The van der Waals surface area contributed by atoms with E-state index in [2.05, 4.69) is 241 Å². The van der Waals surface area contributed by atoms with Crippen molar-refractivity contribution in [2.75, 3.05) is 0 Å². The number of rotatable bonds is 9. The molecule has 0 N–H and O–H groups in total. The number of hydrogen-bond acceptors (Lipinski definition) is 1. The summed E-state index contributed by atoms with van der Waals surface area (Å²) in [6.07, 6.45) is 1.88. The number of halogens is 1. The SMILES string of the molecule is Clc1ccc(-c2c(-c3ccc(-c4ccccc4)cc3)c(-c3ccccc3)c(-c3ccccc3)c(-c3ccc(-c4ccccc4)cc3)c2-c2ccc(-n3c4ccccc4c4cccnc43)cc2)cc1. The predicted molar refractivity (Wildman–Crippen MR) is 287 cm³/mol. The Morgan fingerprint density at radius 2 is 0.574 bits per heavy atom. The summed E-state index contributed by atoms with van der Waals surface area (Å²) in [5, 5.41) is 3.00. The Morgan fingerprint density at radius 3 is 1.01 bits per heavy atom. The lowest BCUT2D eigenvalue weighted by Crippen LogP contribution is -2.02. The van der Waals surface area contributed by atoms with Gasteiger partial charge in [-0.05, 0) is 131 Å². The molecule has 0 aliphatic rings. The minimum atomic E-state index is 0.689. The molecule has 0 radical (unpaired) electrons. The zero-order valence-electron chi connectivity index (χ0n) is 37.1. The summed E-state index contributed by atoms with van der Waals surface area (Å²) < 4.78 is 2.28. The van der Waals surface area contributed by atoms with Gasteiger partial charge in [-0.3, -0.25) is 4.57 Å². The van der Waals surface area contributed by atoms with Crippen LogP contribution in [0.2, 0.25) is 5.02 Å². The van der Waals surface area contributed by atoms with Crippen molar-refractivity contribution >= 4 is 33.5 Å². The van der Waals surface area contributed by atoms with Gasteiger partial charge in [-0.2, -0.15) is 0 Å². The lowest BCUT2D eigenvalue weighted by Gasteiger charge is -2.29.